The maximum atomic E-state index is 12.6. The van der Waals surface area contributed by atoms with Crippen molar-refractivity contribution in [2.45, 2.75) is 33.1 Å². The summed E-state index contributed by atoms with van der Waals surface area (Å²) < 4.78 is 7.44. The summed E-state index contributed by atoms with van der Waals surface area (Å²) in [7, 11) is 0. The van der Waals surface area contributed by atoms with E-state index in [1.165, 1.54) is 4.68 Å². The quantitative estimate of drug-likeness (QED) is 0.716. The second-order valence-electron chi connectivity index (χ2n) is 6.64. The summed E-state index contributed by atoms with van der Waals surface area (Å²) in [4.78, 5) is 21.0. The van der Waals surface area contributed by atoms with Gasteiger partial charge in [-0.3, -0.25) is 4.79 Å². The van der Waals surface area contributed by atoms with Crippen molar-refractivity contribution < 1.29 is 9.21 Å². The lowest BCUT2D eigenvalue weighted by Crippen LogP contribution is -2.16. The van der Waals surface area contributed by atoms with Gasteiger partial charge in [0.05, 0.1) is 5.69 Å². The number of nitrogens with zero attached hydrogens (tertiary/aromatic N) is 4. The lowest BCUT2D eigenvalue weighted by molar-refractivity contribution is 0.0994. The van der Waals surface area contributed by atoms with Crippen LogP contribution in [0, 0.1) is 6.92 Å². The number of amides is 1. The van der Waals surface area contributed by atoms with Gasteiger partial charge < -0.3 is 9.73 Å². The number of hydrogen-bond acceptors (Lipinski definition) is 5. The molecule has 0 fully saturated rings. The zero-order valence-corrected chi connectivity index (χ0v) is 16.0. The molecule has 8 heteroatoms. The summed E-state index contributed by atoms with van der Waals surface area (Å²) in [6.07, 6.45) is 3.25. The number of carbonyl (C=O) groups is 1. The molecule has 0 aliphatic carbocycles. The van der Waals surface area contributed by atoms with Crippen LogP contribution in [-0.2, 0) is 5.41 Å². The fourth-order valence-corrected chi connectivity index (χ4v) is 2.74. The number of aryl methyl sites for hydroxylation is 1. The van der Waals surface area contributed by atoms with Crippen LogP contribution in [0.2, 0.25) is 0 Å². The largest absolute Gasteiger partial charge is 0.444 e. The van der Waals surface area contributed by atoms with Crippen molar-refractivity contribution >= 4 is 27.7 Å². The molecule has 0 unspecified atom stereocenters. The molecule has 130 valence electrons. The van der Waals surface area contributed by atoms with Crippen molar-refractivity contribution in [2.75, 3.05) is 5.32 Å². The van der Waals surface area contributed by atoms with Gasteiger partial charge in [0, 0.05) is 29.4 Å². The van der Waals surface area contributed by atoms with Crippen LogP contribution in [0.4, 0.5) is 5.82 Å². The Balaban J connectivity index is 2.01. The van der Waals surface area contributed by atoms with Crippen molar-refractivity contribution in [1.82, 2.24) is 19.7 Å². The molecule has 0 aliphatic rings. The number of halogens is 1. The fourth-order valence-electron chi connectivity index (χ4n) is 2.23. The second-order valence-corrected chi connectivity index (χ2v) is 7.42. The second kappa shape index (κ2) is 6.44. The van der Waals surface area contributed by atoms with Gasteiger partial charge in [-0.15, -0.1) is 0 Å². The van der Waals surface area contributed by atoms with Crippen LogP contribution in [0.5, 0.6) is 0 Å². The van der Waals surface area contributed by atoms with E-state index < -0.39 is 0 Å². The maximum Gasteiger partial charge on any atom is 0.292 e. The summed E-state index contributed by atoms with van der Waals surface area (Å²) in [6.45, 7) is 7.95. The van der Waals surface area contributed by atoms with Gasteiger partial charge in [-0.25, -0.2) is 9.97 Å². The molecular formula is C17H18BrN5O2. The van der Waals surface area contributed by atoms with Gasteiger partial charge in [-0.05, 0) is 35.0 Å². The molecule has 25 heavy (non-hydrogen) atoms. The first kappa shape index (κ1) is 17.3. The first-order valence-corrected chi connectivity index (χ1v) is 8.50. The zero-order valence-electron chi connectivity index (χ0n) is 14.4. The molecule has 0 bridgehead atoms. The SMILES string of the molecule is Cc1cc(Br)oc1C(=O)Nc1cc(C(C)(C)C)nn1-c1ncccn1. The fraction of sp³-hybridized carbons (Fsp3) is 0.294. The van der Waals surface area contributed by atoms with Gasteiger partial charge in [-0.1, -0.05) is 20.8 Å². The smallest absolute Gasteiger partial charge is 0.292 e. The van der Waals surface area contributed by atoms with Crippen LogP contribution in [-0.4, -0.2) is 25.7 Å². The molecule has 0 atom stereocenters. The predicted octanol–water partition coefficient (Wildman–Crippen LogP) is 3.88. The molecule has 0 saturated heterocycles. The molecule has 7 nitrogen and oxygen atoms in total. The number of hydrogen-bond donors (Lipinski definition) is 1. The average molecular weight is 404 g/mol. The molecule has 0 aliphatic heterocycles. The van der Waals surface area contributed by atoms with Crippen molar-refractivity contribution in [3.63, 3.8) is 0 Å². The molecule has 0 aromatic carbocycles. The molecule has 3 aromatic rings. The maximum absolute atomic E-state index is 12.6. The number of aromatic nitrogens is 4. The highest BCUT2D eigenvalue weighted by Gasteiger charge is 2.24. The predicted molar refractivity (Wildman–Crippen MR) is 97.0 cm³/mol. The molecule has 3 rings (SSSR count). The number of carbonyl (C=O) groups excluding carboxylic acids is 1. The van der Waals surface area contributed by atoms with Gasteiger partial charge in [0.2, 0.25) is 0 Å². The molecule has 0 saturated carbocycles. The van der Waals surface area contributed by atoms with Gasteiger partial charge in [0.15, 0.2) is 10.4 Å². The Morgan fingerprint density at radius 1 is 1.24 bits per heavy atom. The summed E-state index contributed by atoms with van der Waals surface area (Å²) in [5, 5.41) is 7.40. The van der Waals surface area contributed by atoms with E-state index in [0.717, 1.165) is 11.3 Å². The number of nitrogens with one attached hydrogen (secondary N) is 1. The molecule has 3 heterocycles. The van der Waals surface area contributed by atoms with Gasteiger partial charge >= 0.3 is 0 Å². The third-order valence-corrected chi connectivity index (χ3v) is 3.95. The van der Waals surface area contributed by atoms with E-state index in [1.807, 2.05) is 26.8 Å². The summed E-state index contributed by atoms with van der Waals surface area (Å²) in [6, 6.07) is 5.29. The Labute approximate surface area is 153 Å². The van der Waals surface area contributed by atoms with E-state index in [-0.39, 0.29) is 17.1 Å². The minimum absolute atomic E-state index is 0.191. The number of furan rings is 1. The van der Waals surface area contributed by atoms with Crippen LogP contribution >= 0.6 is 15.9 Å². The first-order chi connectivity index (χ1) is 11.8. The lowest BCUT2D eigenvalue weighted by atomic mass is 9.92. The van der Waals surface area contributed by atoms with Crippen molar-refractivity contribution in [1.29, 1.82) is 0 Å². The summed E-state index contributed by atoms with van der Waals surface area (Å²) in [5.74, 6) is 0.741. The van der Waals surface area contributed by atoms with E-state index in [0.29, 0.717) is 16.4 Å². The molecular weight excluding hydrogens is 386 g/mol. The first-order valence-electron chi connectivity index (χ1n) is 7.71. The van der Waals surface area contributed by atoms with E-state index in [2.05, 4.69) is 36.3 Å². The molecule has 0 radical (unpaired) electrons. The normalized spacial score (nSPS) is 11.6. The number of rotatable bonds is 3. The monoisotopic (exact) mass is 403 g/mol. The van der Waals surface area contributed by atoms with E-state index in [9.17, 15) is 4.79 Å². The standard InChI is InChI=1S/C17H18BrN5O2/c1-10-8-12(18)25-14(10)15(24)21-13-9-11(17(2,3)4)22-23(13)16-19-6-5-7-20-16/h5-9H,1-4H3,(H,21,24). The van der Waals surface area contributed by atoms with Crippen LogP contribution in [0.3, 0.4) is 0 Å². The van der Waals surface area contributed by atoms with Crippen molar-refractivity contribution in [3.05, 3.63) is 52.3 Å². The van der Waals surface area contributed by atoms with Gasteiger partial charge in [-0.2, -0.15) is 9.78 Å². The highest BCUT2D eigenvalue weighted by atomic mass is 79.9. The van der Waals surface area contributed by atoms with Crippen LogP contribution in [0.25, 0.3) is 5.95 Å². The van der Waals surface area contributed by atoms with E-state index in [4.69, 9.17) is 4.42 Å². The Kier molecular flexibility index (Phi) is 4.47. The Morgan fingerprint density at radius 2 is 1.92 bits per heavy atom. The zero-order chi connectivity index (χ0) is 18.2. The van der Waals surface area contributed by atoms with E-state index in [1.54, 1.807) is 31.5 Å². The molecule has 1 amide bonds. The topological polar surface area (TPSA) is 85.8 Å². The Morgan fingerprint density at radius 3 is 2.48 bits per heavy atom. The highest BCUT2D eigenvalue weighted by Crippen LogP contribution is 2.26. The molecule has 1 N–H and O–H groups in total. The van der Waals surface area contributed by atoms with Gasteiger partial charge in [0.1, 0.15) is 5.82 Å². The lowest BCUT2D eigenvalue weighted by Gasteiger charge is -2.13. The van der Waals surface area contributed by atoms with E-state index >= 15 is 0 Å². The third-order valence-electron chi connectivity index (χ3n) is 3.55. The average Bonchev–Trinajstić information content (AvgIpc) is 3.11. The Bertz CT molecular complexity index is 909. The Hall–Kier alpha value is -2.48. The minimum Gasteiger partial charge on any atom is -0.444 e. The van der Waals surface area contributed by atoms with Gasteiger partial charge in [0.25, 0.3) is 11.9 Å². The summed E-state index contributed by atoms with van der Waals surface area (Å²) >= 11 is 3.23. The molecule has 3 aromatic heterocycles. The van der Waals surface area contributed by atoms with Crippen LogP contribution in [0.15, 0.2) is 39.7 Å². The van der Waals surface area contributed by atoms with Crippen LogP contribution in [0.1, 0.15) is 42.6 Å². The third kappa shape index (κ3) is 3.63. The van der Waals surface area contributed by atoms with Crippen LogP contribution < -0.4 is 5.32 Å². The van der Waals surface area contributed by atoms with Crippen molar-refractivity contribution in [2.24, 2.45) is 0 Å². The minimum atomic E-state index is -0.360. The molecule has 0 spiro atoms. The number of anilines is 1. The highest BCUT2D eigenvalue weighted by molar-refractivity contribution is 9.10. The van der Waals surface area contributed by atoms with Crippen molar-refractivity contribution in [3.8, 4) is 5.95 Å². The summed E-state index contributed by atoms with van der Waals surface area (Å²) in [5.41, 5.74) is 1.36.